The molecule has 1 saturated heterocycles. The van der Waals surface area contributed by atoms with Crippen molar-refractivity contribution in [1.82, 2.24) is 30.0 Å². The summed E-state index contributed by atoms with van der Waals surface area (Å²) in [6.07, 6.45) is 1.36. The van der Waals surface area contributed by atoms with E-state index in [4.69, 9.17) is 4.74 Å². The van der Waals surface area contributed by atoms with Crippen LogP contribution in [0, 0.1) is 0 Å². The Balaban J connectivity index is 1.68. The molecule has 24 heavy (non-hydrogen) atoms. The van der Waals surface area contributed by atoms with Gasteiger partial charge in [-0.15, -0.1) is 5.10 Å². The number of aromatic nitrogens is 4. The van der Waals surface area contributed by atoms with Crippen LogP contribution < -0.4 is 0 Å². The maximum Gasteiger partial charge on any atom is 0.244 e. The number of carbonyl (C=O) groups excluding carboxylic acids is 1. The maximum absolute atomic E-state index is 12.3. The van der Waals surface area contributed by atoms with Gasteiger partial charge in [0.1, 0.15) is 12.9 Å². The third-order valence-electron chi connectivity index (χ3n) is 4.31. The molecule has 1 aliphatic rings. The Morgan fingerprint density at radius 1 is 1.38 bits per heavy atom. The molecule has 0 radical (unpaired) electrons. The molecule has 8 nitrogen and oxygen atoms in total. The van der Waals surface area contributed by atoms with Crippen molar-refractivity contribution in [2.45, 2.75) is 18.7 Å². The monoisotopic (exact) mass is 330 g/mol. The molecule has 0 saturated carbocycles. The van der Waals surface area contributed by atoms with E-state index in [0.717, 1.165) is 6.54 Å². The van der Waals surface area contributed by atoms with E-state index in [1.54, 1.807) is 11.9 Å². The number of rotatable bonds is 5. The zero-order valence-electron chi connectivity index (χ0n) is 13.9. The van der Waals surface area contributed by atoms with Gasteiger partial charge in [0.2, 0.25) is 5.91 Å². The summed E-state index contributed by atoms with van der Waals surface area (Å²) >= 11 is 0. The molecule has 1 aliphatic heterocycles. The van der Waals surface area contributed by atoms with Crippen LogP contribution in [0.5, 0.6) is 0 Å². The Hall–Kier alpha value is -2.32. The van der Waals surface area contributed by atoms with Crippen LogP contribution in [0.4, 0.5) is 0 Å². The van der Waals surface area contributed by atoms with Crippen molar-refractivity contribution in [3.05, 3.63) is 42.2 Å². The van der Waals surface area contributed by atoms with Crippen molar-refractivity contribution in [3.8, 4) is 0 Å². The molecule has 1 aromatic carbocycles. The number of likely N-dealkylation sites (N-methyl/N-ethyl adjacent to an activating group) is 2. The van der Waals surface area contributed by atoms with E-state index in [-0.39, 0.29) is 24.6 Å². The SMILES string of the molecule is CN(C[C@@H]1OCCN(C)[C@H]1c1ccccc1)C(=O)Cn1cnnn1. The zero-order chi connectivity index (χ0) is 16.9. The van der Waals surface area contributed by atoms with Gasteiger partial charge in [0.15, 0.2) is 0 Å². The van der Waals surface area contributed by atoms with E-state index in [1.165, 1.54) is 16.6 Å². The Bertz CT molecular complexity index is 648. The number of carbonyl (C=O) groups is 1. The predicted octanol–water partition coefficient (Wildman–Crippen LogP) is 0.203. The number of hydrogen-bond acceptors (Lipinski definition) is 6. The Labute approximate surface area is 141 Å². The van der Waals surface area contributed by atoms with Crippen molar-refractivity contribution in [1.29, 1.82) is 0 Å². The van der Waals surface area contributed by atoms with Gasteiger partial charge in [-0.05, 0) is 23.0 Å². The minimum Gasteiger partial charge on any atom is -0.373 e. The van der Waals surface area contributed by atoms with E-state index in [9.17, 15) is 4.79 Å². The Morgan fingerprint density at radius 3 is 2.88 bits per heavy atom. The molecule has 1 aromatic heterocycles. The number of ether oxygens (including phenoxy) is 1. The minimum absolute atomic E-state index is 0.0501. The van der Waals surface area contributed by atoms with Gasteiger partial charge < -0.3 is 9.64 Å². The first kappa shape index (κ1) is 16.5. The summed E-state index contributed by atoms with van der Waals surface area (Å²) in [7, 11) is 3.88. The highest BCUT2D eigenvalue weighted by molar-refractivity contribution is 5.75. The van der Waals surface area contributed by atoms with Gasteiger partial charge in [-0.3, -0.25) is 9.69 Å². The first-order valence-electron chi connectivity index (χ1n) is 7.96. The van der Waals surface area contributed by atoms with Gasteiger partial charge in [-0.2, -0.15) is 0 Å². The Morgan fingerprint density at radius 2 is 2.17 bits per heavy atom. The highest BCUT2D eigenvalue weighted by Gasteiger charge is 2.33. The molecule has 0 bridgehead atoms. The second-order valence-electron chi connectivity index (χ2n) is 6.03. The number of tetrazole rings is 1. The molecular formula is C16H22N6O2. The van der Waals surface area contributed by atoms with Crippen molar-refractivity contribution < 1.29 is 9.53 Å². The number of morpholine rings is 1. The smallest absolute Gasteiger partial charge is 0.244 e. The summed E-state index contributed by atoms with van der Waals surface area (Å²) in [4.78, 5) is 16.3. The third-order valence-corrected chi connectivity index (χ3v) is 4.31. The van der Waals surface area contributed by atoms with Crippen molar-refractivity contribution in [2.75, 3.05) is 33.8 Å². The van der Waals surface area contributed by atoms with Gasteiger partial charge in [0, 0.05) is 20.1 Å². The van der Waals surface area contributed by atoms with Crippen molar-refractivity contribution in [3.63, 3.8) is 0 Å². The van der Waals surface area contributed by atoms with Crippen LogP contribution in [0.15, 0.2) is 36.7 Å². The lowest BCUT2D eigenvalue weighted by Gasteiger charge is -2.40. The van der Waals surface area contributed by atoms with E-state index < -0.39 is 0 Å². The average Bonchev–Trinajstić information content (AvgIpc) is 3.08. The quantitative estimate of drug-likeness (QED) is 0.780. The molecule has 0 spiro atoms. The standard InChI is InChI=1S/C16H22N6O2/c1-20-8-9-24-14(16(20)13-6-4-3-5-7-13)10-21(2)15(23)11-22-12-17-18-19-22/h3-7,12,14,16H,8-11H2,1-2H3/t14-,16-/m0/s1. The van der Waals surface area contributed by atoms with Gasteiger partial charge in [-0.1, -0.05) is 30.3 Å². The molecule has 1 amide bonds. The average molecular weight is 330 g/mol. The van der Waals surface area contributed by atoms with Crippen LogP contribution in [0.1, 0.15) is 11.6 Å². The summed E-state index contributed by atoms with van der Waals surface area (Å²) in [5.74, 6) is -0.0501. The van der Waals surface area contributed by atoms with Crippen LogP contribution in [-0.4, -0.2) is 75.8 Å². The largest absolute Gasteiger partial charge is 0.373 e. The van der Waals surface area contributed by atoms with Gasteiger partial charge in [0.25, 0.3) is 0 Å². The third kappa shape index (κ3) is 3.77. The van der Waals surface area contributed by atoms with E-state index in [1.807, 2.05) is 18.2 Å². The summed E-state index contributed by atoms with van der Waals surface area (Å²) < 4.78 is 7.41. The second-order valence-corrected chi connectivity index (χ2v) is 6.03. The maximum atomic E-state index is 12.3. The molecule has 8 heteroatoms. The number of hydrogen-bond donors (Lipinski definition) is 0. The lowest BCUT2D eigenvalue weighted by atomic mass is 9.98. The van der Waals surface area contributed by atoms with Gasteiger partial charge >= 0.3 is 0 Å². The molecule has 2 atom stereocenters. The Kier molecular flexibility index (Phi) is 5.17. The molecule has 128 valence electrons. The normalized spacial score (nSPS) is 21.6. The van der Waals surface area contributed by atoms with E-state index in [0.29, 0.717) is 13.2 Å². The highest BCUT2D eigenvalue weighted by Crippen LogP contribution is 2.28. The summed E-state index contributed by atoms with van der Waals surface area (Å²) in [5, 5.41) is 10.8. The number of benzene rings is 1. The fourth-order valence-electron chi connectivity index (χ4n) is 3.02. The summed E-state index contributed by atoms with van der Waals surface area (Å²) in [5.41, 5.74) is 1.20. The molecule has 0 unspecified atom stereocenters. The first-order chi connectivity index (χ1) is 11.6. The van der Waals surface area contributed by atoms with Gasteiger partial charge in [0.05, 0.1) is 18.8 Å². The molecular weight excluding hydrogens is 308 g/mol. The predicted molar refractivity (Wildman–Crippen MR) is 87.0 cm³/mol. The van der Waals surface area contributed by atoms with Crippen LogP contribution in [0.2, 0.25) is 0 Å². The first-order valence-corrected chi connectivity index (χ1v) is 7.96. The van der Waals surface area contributed by atoms with Crippen molar-refractivity contribution in [2.24, 2.45) is 0 Å². The van der Waals surface area contributed by atoms with E-state index >= 15 is 0 Å². The summed E-state index contributed by atoms with van der Waals surface area (Å²) in [6, 6.07) is 10.4. The molecule has 0 N–H and O–H groups in total. The number of amides is 1. The lowest BCUT2D eigenvalue weighted by Crippen LogP contribution is -2.49. The molecule has 1 fully saturated rings. The van der Waals surface area contributed by atoms with Crippen molar-refractivity contribution >= 4 is 5.91 Å². The minimum atomic E-state index is -0.0750. The topological polar surface area (TPSA) is 76.4 Å². The van der Waals surface area contributed by atoms with E-state index in [2.05, 4.69) is 39.6 Å². The van der Waals surface area contributed by atoms with Crippen LogP contribution >= 0.6 is 0 Å². The van der Waals surface area contributed by atoms with Crippen LogP contribution in [0.3, 0.4) is 0 Å². The molecule has 2 heterocycles. The van der Waals surface area contributed by atoms with Gasteiger partial charge in [-0.25, -0.2) is 4.68 Å². The second kappa shape index (κ2) is 7.50. The fraction of sp³-hybridized carbons (Fsp3) is 0.500. The summed E-state index contributed by atoms with van der Waals surface area (Å²) in [6.45, 7) is 2.19. The van der Waals surface area contributed by atoms with Crippen LogP contribution in [-0.2, 0) is 16.1 Å². The van der Waals surface area contributed by atoms with Crippen LogP contribution in [0.25, 0.3) is 0 Å². The lowest BCUT2D eigenvalue weighted by molar-refractivity contribution is -0.135. The zero-order valence-corrected chi connectivity index (χ0v) is 13.9. The number of nitrogens with zero attached hydrogens (tertiary/aromatic N) is 6. The highest BCUT2D eigenvalue weighted by atomic mass is 16.5. The molecule has 0 aliphatic carbocycles. The molecule has 2 aromatic rings. The molecule has 3 rings (SSSR count). The fourth-order valence-corrected chi connectivity index (χ4v) is 3.02.